The van der Waals surface area contributed by atoms with Crippen LogP contribution in [0.1, 0.15) is 0 Å². The number of fused-ring (bicyclic) bond motifs is 1. The van der Waals surface area contributed by atoms with Crippen LogP contribution >= 0.6 is 0 Å². The van der Waals surface area contributed by atoms with E-state index in [2.05, 4.69) is 19.8 Å². The fourth-order valence-electron chi connectivity index (χ4n) is 4.48. The zero-order valence-electron chi connectivity index (χ0n) is 19.4. The van der Waals surface area contributed by atoms with Crippen molar-refractivity contribution in [2.24, 2.45) is 7.05 Å². The largest absolute Gasteiger partial charge is 0.497 e. The second-order valence-corrected chi connectivity index (χ2v) is 8.59. The normalized spacial score (nSPS) is 18.2. The van der Waals surface area contributed by atoms with Gasteiger partial charge in [-0.25, -0.2) is 4.98 Å². The number of nitrogen functional groups attached to an aromatic ring is 1. The standard InChI is InChI=1S/C23H32N8O2/c1-28-21(24)19-20(17-3-5-18(32-2)6-4-17)25-23(26-22(19)27-28)31-11-9-29(10-12-31)7-8-30-13-15-33-16-14-30/h3-6H,7-16,24H2,1-2H3. The highest BCUT2D eigenvalue weighted by molar-refractivity contribution is 5.98. The monoisotopic (exact) mass is 452 g/mol. The summed E-state index contributed by atoms with van der Waals surface area (Å²) in [5.74, 6) is 2.08. The van der Waals surface area contributed by atoms with Gasteiger partial charge in [-0.3, -0.25) is 14.5 Å². The van der Waals surface area contributed by atoms with Gasteiger partial charge < -0.3 is 20.1 Å². The molecule has 0 bridgehead atoms. The van der Waals surface area contributed by atoms with E-state index in [0.29, 0.717) is 17.4 Å². The van der Waals surface area contributed by atoms with E-state index >= 15 is 0 Å². The number of methoxy groups -OCH3 is 1. The SMILES string of the molecule is COc1ccc(-c2nc(N3CCN(CCN4CCOCC4)CC3)nc3nn(C)c(N)c23)cc1. The Balaban J connectivity index is 1.34. The van der Waals surface area contributed by atoms with Crippen molar-refractivity contribution < 1.29 is 9.47 Å². The van der Waals surface area contributed by atoms with Gasteiger partial charge in [0.05, 0.1) is 31.4 Å². The van der Waals surface area contributed by atoms with E-state index in [1.807, 2.05) is 31.3 Å². The summed E-state index contributed by atoms with van der Waals surface area (Å²) in [4.78, 5) is 17.0. The number of morpholine rings is 1. The first kappa shape index (κ1) is 21.9. The van der Waals surface area contributed by atoms with E-state index in [-0.39, 0.29) is 0 Å². The smallest absolute Gasteiger partial charge is 0.228 e. The van der Waals surface area contributed by atoms with Gasteiger partial charge in [0, 0.05) is 65.0 Å². The lowest BCUT2D eigenvalue weighted by Gasteiger charge is -2.36. The van der Waals surface area contributed by atoms with E-state index in [9.17, 15) is 0 Å². The number of benzene rings is 1. The molecule has 176 valence electrons. The van der Waals surface area contributed by atoms with Crippen LogP contribution in [0.4, 0.5) is 11.8 Å². The van der Waals surface area contributed by atoms with Crippen LogP contribution in [0.2, 0.25) is 0 Å². The molecule has 5 rings (SSSR count). The van der Waals surface area contributed by atoms with Crippen molar-refractivity contribution in [2.75, 3.05) is 83.3 Å². The fraction of sp³-hybridized carbons (Fsp3) is 0.522. The summed E-state index contributed by atoms with van der Waals surface area (Å²) in [6, 6.07) is 7.87. The zero-order chi connectivity index (χ0) is 22.8. The Morgan fingerprint density at radius 2 is 1.61 bits per heavy atom. The molecule has 0 radical (unpaired) electrons. The van der Waals surface area contributed by atoms with E-state index in [1.165, 1.54) is 0 Å². The number of ether oxygens (including phenoxy) is 2. The van der Waals surface area contributed by atoms with Gasteiger partial charge in [-0.1, -0.05) is 0 Å². The van der Waals surface area contributed by atoms with Gasteiger partial charge in [0.25, 0.3) is 0 Å². The van der Waals surface area contributed by atoms with Crippen LogP contribution in [-0.2, 0) is 11.8 Å². The molecule has 0 amide bonds. The molecule has 2 aromatic heterocycles. The average molecular weight is 453 g/mol. The molecule has 4 heterocycles. The molecule has 1 aromatic carbocycles. The quantitative estimate of drug-likeness (QED) is 0.589. The van der Waals surface area contributed by atoms with Gasteiger partial charge >= 0.3 is 0 Å². The van der Waals surface area contributed by atoms with Crippen molar-refractivity contribution in [1.29, 1.82) is 0 Å². The van der Waals surface area contributed by atoms with Crippen LogP contribution in [-0.4, -0.2) is 102 Å². The number of hydrogen-bond acceptors (Lipinski definition) is 9. The van der Waals surface area contributed by atoms with E-state index in [4.69, 9.17) is 25.2 Å². The number of nitrogens with two attached hydrogens (primary N) is 1. The number of aromatic nitrogens is 4. The second-order valence-electron chi connectivity index (χ2n) is 8.59. The van der Waals surface area contributed by atoms with Gasteiger partial charge in [-0.05, 0) is 24.3 Å². The van der Waals surface area contributed by atoms with Crippen molar-refractivity contribution in [1.82, 2.24) is 29.5 Å². The molecular formula is C23H32N8O2. The Morgan fingerprint density at radius 1 is 0.939 bits per heavy atom. The van der Waals surface area contributed by atoms with Gasteiger partial charge in [-0.2, -0.15) is 10.1 Å². The minimum absolute atomic E-state index is 0.565. The zero-order valence-corrected chi connectivity index (χ0v) is 19.4. The van der Waals surface area contributed by atoms with Crippen molar-refractivity contribution in [3.05, 3.63) is 24.3 Å². The fourth-order valence-corrected chi connectivity index (χ4v) is 4.48. The first-order valence-corrected chi connectivity index (χ1v) is 11.5. The Bertz CT molecular complexity index is 1090. The predicted octanol–water partition coefficient (Wildman–Crippen LogP) is 1.08. The molecule has 2 aliphatic heterocycles. The van der Waals surface area contributed by atoms with Crippen LogP contribution in [0.5, 0.6) is 5.75 Å². The van der Waals surface area contributed by atoms with E-state index < -0.39 is 0 Å². The average Bonchev–Trinajstić information content (AvgIpc) is 3.16. The topological polar surface area (TPSA) is 97.8 Å². The number of anilines is 2. The van der Waals surface area contributed by atoms with Crippen molar-refractivity contribution in [2.45, 2.75) is 0 Å². The Hall–Kier alpha value is -2.95. The molecule has 3 aromatic rings. The summed E-state index contributed by atoms with van der Waals surface area (Å²) in [5, 5.41) is 5.33. The summed E-state index contributed by atoms with van der Waals surface area (Å²) in [6.07, 6.45) is 0. The van der Waals surface area contributed by atoms with Gasteiger partial charge in [-0.15, -0.1) is 0 Å². The summed E-state index contributed by atoms with van der Waals surface area (Å²) < 4.78 is 12.4. The Kier molecular flexibility index (Phi) is 6.30. The first-order valence-electron chi connectivity index (χ1n) is 11.5. The molecular weight excluding hydrogens is 420 g/mol. The van der Waals surface area contributed by atoms with E-state index in [1.54, 1.807) is 11.8 Å². The number of piperazine rings is 1. The van der Waals surface area contributed by atoms with Crippen molar-refractivity contribution in [3.8, 4) is 17.0 Å². The van der Waals surface area contributed by atoms with Gasteiger partial charge in [0.2, 0.25) is 5.95 Å². The van der Waals surface area contributed by atoms with Crippen molar-refractivity contribution in [3.63, 3.8) is 0 Å². The minimum atomic E-state index is 0.565. The summed E-state index contributed by atoms with van der Waals surface area (Å²) in [6.45, 7) is 9.72. The molecule has 0 atom stereocenters. The highest BCUT2D eigenvalue weighted by atomic mass is 16.5. The third-order valence-electron chi connectivity index (χ3n) is 6.58. The third kappa shape index (κ3) is 4.59. The molecule has 0 spiro atoms. The molecule has 0 unspecified atom stereocenters. The molecule has 2 saturated heterocycles. The van der Waals surface area contributed by atoms with Crippen LogP contribution in [0.15, 0.2) is 24.3 Å². The first-order chi connectivity index (χ1) is 16.1. The lowest BCUT2D eigenvalue weighted by atomic mass is 10.1. The summed E-state index contributed by atoms with van der Waals surface area (Å²) >= 11 is 0. The van der Waals surface area contributed by atoms with Gasteiger partial charge in [0.1, 0.15) is 11.6 Å². The Labute approximate surface area is 193 Å². The molecule has 2 fully saturated rings. The summed E-state index contributed by atoms with van der Waals surface area (Å²) in [5.41, 5.74) is 8.73. The molecule has 10 nitrogen and oxygen atoms in total. The second kappa shape index (κ2) is 9.50. The van der Waals surface area contributed by atoms with Crippen LogP contribution in [0, 0.1) is 0 Å². The number of nitrogens with zero attached hydrogens (tertiary/aromatic N) is 7. The highest BCUT2D eigenvalue weighted by Crippen LogP contribution is 2.32. The number of rotatable bonds is 6. The third-order valence-corrected chi connectivity index (χ3v) is 6.58. The minimum Gasteiger partial charge on any atom is -0.497 e. The van der Waals surface area contributed by atoms with Crippen LogP contribution < -0.4 is 15.4 Å². The van der Waals surface area contributed by atoms with E-state index in [0.717, 1.165) is 88.0 Å². The molecule has 0 aliphatic carbocycles. The summed E-state index contributed by atoms with van der Waals surface area (Å²) in [7, 11) is 3.50. The van der Waals surface area contributed by atoms with Crippen LogP contribution in [0.25, 0.3) is 22.3 Å². The number of hydrogen-bond donors (Lipinski definition) is 1. The predicted molar refractivity (Wildman–Crippen MR) is 129 cm³/mol. The lowest BCUT2D eigenvalue weighted by molar-refractivity contribution is 0.0331. The Morgan fingerprint density at radius 3 is 2.27 bits per heavy atom. The molecule has 2 N–H and O–H groups in total. The van der Waals surface area contributed by atoms with Crippen molar-refractivity contribution >= 4 is 22.8 Å². The maximum atomic E-state index is 6.34. The maximum Gasteiger partial charge on any atom is 0.228 e. The molecule has 10 heteroatoms. The molecule has 0 saturated carbocycles. The van der Waals surface area contributed by atoms with Crippen LogP contribution in [0.3, 0.4) is 0 Å². The molecule has 33 heavy (non-hydrogen) atoms. The van der Waals surface area contributed by atoms with Gasteiger partial charge in [0.15, 0.2) is 5.65 Å². The molecule has 2 aliphatic rings. The lowest BCUT2D eigenvalue weighted by Crippen LogP contribution is -2.49. The highest BCUT2D eigenvalue weighted by Gasteiger charge is 2.23. The maximum absolute atomic E-state index is 6.34. The number of aryl methyl sites for hydroxylation is 1.